The van der Waals surface area contributed by atoms with Gasteiger partial charge in [0.1, 0.15) is 11.6 Å². The van der Waals surface area contributed by atoms with Crippen LogP contribution in [0, 0.1) is 12.7 Å². The lowest BCUT2D eigenvalue weighted by molar-refractivity contribution is 0.102. The largest absolute Gasteiger partial charge is 0.384 e. The predicted octanol–water partition coefficient (Wildman–Crippen LogP) is 3.02. The van der Waals surface area contributed by atoms with Crippen molar-refractivity contribution in [3.63, 3.8) is 0 Å². The molecule has 2 aromatic rings. The maximum atomic E-state index is 13.0. The summed E-state index contributed by atoms with van der Waals surface area (Å²) >= 11 is 5.88. The van der Waals surface area contributed by atoms with Gasteiger partial charge in [-0.2, -0.15) is 0 Å². The number of nitrogens with zero attached hydrogens (tertiary/aromatic N) is 1. The number of carbonyl (C=O) groups is 1. The second-order valence-electron chi connectivity index (χ2n) is 4.00. The average Bonchev–Trinajstić information content (AvgIpc) is 2.35. The SMILES string of the molecule is Cc1cc(F)ccc1NC(=O)c1cc(N)ncc1Cl. The van der Waals surface area contributed by atoms with E-state index < -0.39 is 5.91 Å². The third kappa shape index (κ3) is 3.00. The Kier molecular flexibility index (Phi) is 3.66. The lowest BCUT2D eigenvalue weighted by Gasteiger charge is -2.09. The van der Waals surface area contributed by atoms with Crippen LogP contribution in [-0.4, -0.2) is 10.9 Å². The normalized spacial score (nSPS) is 10.3. The third-order valence-electron chi connectivity index (χ3n) is 2.56. The standard InChI is InChI=1S/C13H11ClFN3O/c1-7-4-8(15)2-3-11(7)18-13(19)9-5-12(16)17-6-10(9)14/h2-6H,1H3,(H2,16,17)(H,18,19). The Balaban J connectivity index is 2.28. The van der Waals surface area contributed by atoms with Crippen LogP contribution in [0.3, 0.4) is 0 Å². The molecule has 1 aromatic heterocycles. The van der Waals surface area contributed by atoms with Crippen molar-refractivity contribution in [3.05, 3.63) is 52.4 Å². The van der Waals surface area contributed by atoms with Crippen molar-refractivity contribution >= 4 is 29.0 Å². The number of nitrogen functional groups attached to an aromatic ring is 1. The molecule has 2 rings (SSSR count). The van der Waals surface area contributed by atoms with Gasteiger partial charge in [0.15, 0.2) is 0 Å². The lowest BCUT2D eigenvalue weighted by Crippen LogP contribution is -2.14. The van der Waals surface area contributed by atoms with Crippen LogP contribution >= 0.6 is 11.6 Å². The summed E-state index contributed by atoms with van der Waals surface area (Å²) in [6, 6.07) is 5.47. The van der Waals surface area contributed by atoms with Crippen LogP contribution in [-0.2, 0) is 0 Å². The quantitative estimate of drug-likeness (QED) is 0.888. The van der Waals surface area contributed by atoms with E-state index in [4.69, 9.17) is 17.3 Å². The number of nitrogens with one attached hydrogen (secondary N) is 1. The number of amides is 1. The summed E-state index contributed by atoms with van der Waals surface area (Å²) in [5, 5.41) is 2.85. The summed E-state index contributed by atoms with van der Waals surface area (Å²) < 4.78 is 13.0. The number of carbonyl (C=O) groups excluding carboxylic acids is 1. The van der Waals surface area contributed by atoms with Crippen LogP contribution in [0.25, 0.3) is 0 Å². The molecule has 19 heavy (non-hydrogen) atoms. The Labute approximate surface area is 114 Å². The third-order valence-corrected chi connectivity index (χ3v) is 2.86. The van der Waals surface area contributed by atoms with Crippen LogP contribution in [0.4, 0.5) is 15.9 Å². The van der Waals surface area contributed by atoms with Gasteiger partial charge in [0.25, 0.3) is 5.91 Å². The van der Waals surface area contributed by atoms with Crippen molar-refractivity contribution < 1.29 is 9.18 Å². The molecule has 0 saturated heterocycles. The minimum absolute atomic E-state index is 0.199. The van der Waals surface area contributed by atoms with Gasteiger partial charge in [-0.15, -0.1) is 0 Å². The fourth-order valence-corrected chi connectivity index (χ4v) is 1.78. The number of aromatic nitrogens is 1. The molecule has 1 heterocycles. The number of aryl methyl sites for hydroxylation is 1. The minimum Gasteiger partial charge on any atom is -0.384 e. The van der Waals surface area contributed by atoms with Gasteiger partial charge in [-0.05, 0) is 36.8 Å². The number of hydrogen-bond donors (Lipinski definition) is 2. The number of pyridine rings is 1. The summed E-state index contributed by atoms with van der Waals surface area (Å²) in [5.74, 6) is -0.583. The number of nitrogens with two attached hydrogens (primary N) is 1. The molecule has 4 nitrogen and oxygen atoms in total. The molecule has 1 amide bonds. The fourth-order valence-electron chi connectivity index (χ4n) is 1.59. The van der Waals surface area contributed by atoms with Crippen molar-refractivity contribution in [1.29, 1.82) is 0 Å². The number of halogens is 2. The number of benzene rings is 1. The van der Waals surface area contributed by atoms with Gasteiger partial charge in [-0.25, -0.2) is 9.37 Å². The number of rotatable bonds is 2. The van der Waals surface area contributed by atoms with E-state index in [2.05, 4.69) is 10.3 Å². The van der Waals surface area contributed by atoms with Crippen molar-refractivity contribution in [2.75, 3.05) is 11.1 Å². The molecule has 0 saturated carbocycles. The lowest BCUT2D eigenvalue weighted by atomic mass is 10.1. The Bertz CT molecular complexity index is 646. The molecule has 0 spiro atoms. The number of hydrogen-bond acceptors (Lipinski definition) is 3. The molecule has 0 fully saturated rings. The predicted molar refractivity (Wildman–Crippen MR) is 72.7 cm³/mol. The Morgan fingerprint density at radius 3 is 2.84 bits per heavy atom. The average molecular weight is 280 g/mol. The summed E-state index contributed by atoms with van der Waals surface area (Å²) in [6.07, 6.45) is 1.31. The van der Waals surface area contributed by atoms with E-state index in [0.29, 0.717) is 11.3 Å². The molecular formula is C13H11ClFN3O. The second-order valence-corrected chi connectivity index (χ2v) is 4.41. The topological polar surface area (TPSA) is 68.0 Å². The van der Waals surface area contributed by atoms with Gasteiger partial charge in [-0.1, -0.05) is 11.6 Å². The van der Waals surface area contributed by atoms with E-state index in [1.165, 1.54) is 30.5 Å². The second kappa shape index (κ2) is 5.24. The molecule has 3 N–H and O–H groups in total. The molecule has 0 unspecified atom stereocenters. The molecule has 0 radical (unpaired) electrons. The molecule has 6 heteroatoms. The summed E-state index contributed by atoms with van der Waals surface area (Å²) in [4.78, 5) is 15.8. The first kappa shape index (κ1) is 13.3. The van der Waals surface area contributed by atoms with Crippen LogP contribution in [0.15, 0.2) is 30.5 Å². The van der Waals surface area contributed by atoms with E-state index in [-0.39, 0.29) is 22.2 Å². The van der Waals surface area contributed by atoms with Gasteiger partial charge in [0, 0.05) is 11.9 Å². The van der Waals surface area contributed by atoms with E-state index in [0.717, 1.165) is 0 Å². The highest BCUT2D eigenvalue weighted by Crippen LogP contribution is 2.20. The summed E-state index contributed by atoms with van der Waals surface area (Å²) in [5.41, 5.74) is 6.86. The molecule has 0 bridgehead atoms. The van der Waals surface area contributed by atoms with Gasteiger partial charge in [0.05, 0.1) is 10.6 Å². The maximum absolute atomic E-state index is 13.0. The molecule has 1 aromatic carbocycles. The van der Waals surface area contributed by atoms with Crippen molar-refractivity contribution in [2.24, 2.45) is 0 Å². The van der Waals surface area contributed by atoms with Crippen LogP contribution in [0.1, 0.15) is 15.9 Å². The molecule has 0 atom stereocenters. The van der Waals surface area contributed by atoms with Crippen LogP contribution in [0.2, 0.25) is 5.02 Å². The highest BCUT2D eigenvalue weighted by atomic mass is 35.5. The van der Waals surface area contributed by atoms with Gasteiger partial charge >= 0.3 is 0 Å². The summed E-state index contributed by atoms with van der Waals surface area (Å²) in [6.45, 7) is 1.70. The molecule has 0 aliphatic rings. The Hall–Kier alpha value is -2.14. The van der Waals surface area contributed by atoms with E-state index in [1.807, 2.05) is 0 Å². The molecule has 0 aliphatic carbocycles. The first-order valence-electron chi connectivity index (χ1n) is 5.46. The van der Waals surface area contributed by atoms with E-state index >= 15 is 0 Å². The van der Waals surface area contributed by atoms with Crippen LogP contribution < -0.4 is 11.1 Å². The van der Waals surface area contributed by atoms with Gasteiger partial charge in [0.2, 0.25) is 0 Å². The molecule has 98 valence electrons. The van der Waals surface area contributed by atoms with E-state index in [1.54, 1.807) is 6.92 Å². The summed E-state index contributed by atoms with van der Waals surface area (Å²) in [7, 11) is 0. The smallest absolute Gasteiger partial charge is 0.257 e. The highest BCUT2D eigenvalue weighted by Gasteiger charge is 2.12. The molecule has 0 aliphatic heterocycles. The zero-order valence-electron chi connectivity index (χ0n) is 10.1. The van der Waals surface area contributed by atoms with Crippen molar-refractivity contribution in [2.45, 2.75) is 6.92 Å². The zero-order valence-corrected chi connectivity index (χ0v) is 10.8. The number of anilines is 2. The van der Waals surface area contributed by atoms with Crippen molar-refractivity contribution in [3.8, 4) is 0 Å². The molecular weight excluding hydrogens is 269 g/mol. The zero-order chi connectivity index (χ0) is 14.0. The fraction of sp³-hybridized carbons (Fsp3) is 0.0769. The monoisotopic (exact) mass is 279 g/mol. The maximum Gasteiger partial charge on any atom is 0.257 e. The highest BCUT2D eigenvalue weighted by molar-refractivity contribution is 6.34. The van der Waals surface area contributed by atoms with Crippen LogP contribution in [0.5, 0.6) is 0 Å². The van der Waals surface area contributed by atoms with Gasteiger partial charge < -0.3 is 11.1 Å². The Morgan fingerprint density at radius 1 is 1.42 bits per heavy atom. The van der Waals surface area contributed by atoms with E-state index in [9.17, 15) is 9.18 Å². The first-order valence-corrected chi connectivity index (χ1v) is 5.83. The van der Waals surface area contributed by atoms with Gasteiger partial charge in [-0.3, -0.25) is 4.79 Å². The first-order chi connectivity index (χ1) is 8.97. The minimum atomic E-state index is -0.422. The van der Waals surface area contributed by atoms with Crippen molar-refractivity contribution in [1.82, 2.24) is 4.98 Å². The Morgan fingerprint density at radius 2 is 2.16 bits per heavy atom.